The van der Waals surface area contributed by atoms with E-state index in [4.69, 9.17) is 10.5 Å². The average molecular weight is 263 g/mol. The number of nitrogens with one attached hydrogen (secondary N) is 2. The lowest BCUT2D eigenvalue weighted by Crippen LogP contribution is -2.51. The number of hydrogen-bond donors (Lipinski definition) is 4. The predicted octanol–water partition coefficient (Wildman–Crippen LogP) is -0.457. The zero-order valence-corrected chi connectivity index (χ0v) is 10.1. The molecule has 0 aliphatic heterocycles. The summed E-state index contributed by atoms with van der Waals surface area (Å²) in [6.07, 6.45) is -1.17. The first kappa shape index (κ1) is 14.6. The number of nitrogens with zero attached hydrogens (tertiary/aromatic N) is 1. The highest BCUT2D eigenvalue weighted by atomic mass is 16.5. The smallest absolute Gasteiger partial charge is 0.268 e. The first-order valence-corrected chi connectivity index (χ1v) is 5.42. The van der Waals surface area contributed by atoms with Gasteiger partial charge in [0.05, 0.1) is 17.7 Å². The molecule has 2 atom stereocenters. The minimum absolute atomic E-state index is 0.232. The summed E-state index contributed by atoms with van der Waals surface area (Å²) in [7, 11) is 0. The van der Waals surface area contributed by atoms with Crippen LogP contribution in [0.3, 0.4) is 0 Å². The molecule has 0 bridgehead atoms. The van der Waals surface area contributed by atoms with E-state index in [2.05, 4.69) is 5.32 Å². The second-order valence-electron chi connectivity index (χ2n) is 3.86. The minimum atomic E-state index is -1.27. The molecule has 0 radical (unpaired) electrons. The van der Waals surface area contributed by atoms with Crippen LogP contribution >= 0.6 is 0 Å². The number of carbonyl (C=O) groups is 2. The van der Waals surface area contributed by atoms with Gasteiger partial charge in [-0.2, -0.15) is 5.26 Å². The molecule has 2 amide bonds. The Hall–Kier alpha value is -2.43. The molecule has 0 fully saturated rings. The zero-order valence-electron chi connectivity index (χ0n) is 10.1. The van der Waals surface area contributed by atoms with Gasteiger partial charge in [0.1, 0.15) is 6.04 Å². The summed E-state index contributed by atoms with van der Waals surface area (Å²) < 4.78 is 0. The molecular formula is C12H13N3O4. The summed E-state index contributed by atoms with van der Waals surface area (Å²) in [4.78, 5) is 23.1. The van der Waals surface area contributed by atoms with Crippen molar-refractivity contribution in [2.45, 2.75) is 19.1 Å². The number of hydrogen-bond acceptors (Lipinski definition) is 5. The van der Waals surface area contributed by atoms with Gasteiger partial charge < -0.3 is 10.4 Å². The van der Waals surface area contributed by atoms with Gasteiger partial charge in [-0.3, -0.25) is 14.8 Å². The number of amides is 2. The van der Waals surface area contributed by atoms with Gasteiger partial charge in [0.2, 0.25) is 0 Å². The number of carbonyl (C=O) groups excluding carboxylic acids is 2. The van der Waals surface area contributed by atoms with Crippen LogP contribution in [0, 0.1) is 11.3 Å². The quantitative estimate of drug-likeness (QED) is 0.432. The Morgan fingerprint density at radius 3 is 2.32 bits per heavy atom. The first-order valence-electron chi connectivity index (χ1n) is 5.42. The molecule has 0 aromatic heterocycles. The summed E-state index contributed by atoms with van der Waals surface area (Å²) in [5.74, 6) is -1.52. The fourth-order valence-electron chi connectivity index (χ4n) is 1.40. The lowest BCUT2D eigenvalue weighted by atomic mass is 10.1. The largest absolute Gasteiger partial charge is 0.391 e. The fraction of sp³-hybridized carbons (Fsp3) is 0.250. The van der Waals surface area contributed by atoms with Crippen molar-refractivity contribution in [3.05, 3.63) is 35.4 Å². The number of aliphatic hydroxyl groups excluding tert-OH is 1. The predicted molar refractivity (Wildman–Crippen MR) is 64.0 cm³/mol. The zero-order chi connectivity index (χ0) is 14.4. The van der Waals surface area contributed by atoms with Crippen LogP contribution in [0.15, 0.2) is 24.3 Å². The molecule has 7 heteroatoms. The Morgan fingerprint density at radius 2 is 1.89 bits per heavy atom. The van der Waals surface area contributed by atoms with Crippen LogP contribution in [0.25, 0.3) is 0 Å². The van der Waals surface area contributed by atoms with Crippen LogP contribution in [-0.2, 0) is 4.79 Å². The van der Waals surface area contributed by atoms with Crippen LogP contribution in [0.5, 0.6) is 0 Å². The molecular weight excluding hydrogens is 250 g/mol. The van der Waals surface area contributed by atoms with E-state index in [0.29, 0.717) is 5.56 Å². The molecule has 0 saturated carbocycles. The van der Waals surface area contributed by atoms with Crippen molar-refractivity contribution in [1.82, 2.24) is 10.8 Å². The molecule has 0 saturated heterocycles. The van der Waals surface area contributed by atoms with Gasteiger partial charge >= 0.3 is 0 Å². The molecule has 0 aliphatic carbocycles. The van der Waals surface area contributed by atoms with Crippen molar-refractivity contribution in [3.8, 4) is 6.07 Å². The van der Waals surface area contributed by atoms with Gasteiger partial charge in [0.15, 0.2) is 0 Å². The van der Waals surface area contributed by atoms with Crippen molar-refractivity contribution < 1.29 is 19.9 Å². The molecule has 7 nitrogen and oxygen atoms in total. The highest BCUT2D eigenvalue weighted by Crippen LogP contribution is 2.04. The maximum Gasteiger partial charge on any atom is 0.268 e. The van der Waals surface area contributed by atoms with Gasteiger partial charge in [-0.25, -0.2) is 5.48 Å². The summed E-state index contributed by atoms with van der Waals surface area (Å²) in [6.45, 7) is 1.30. The van der Waals surface area contributed by atoms with Gasteiger partial charge in [-0.15, -0.1) is 0 Å². The topological polar surface area (TPSA) is 122 Å². The Labute approximate surface area is 109 Å². The van der Waals surface area contributed by atoms with Crippen LogP contribution in [0.1, 0.15) is 22.8 Å². The summed E-state index contributed by atoms with van der Waals surface area (Å²) in [5.41, 5.74) is 2.00. The molecule has 1 aromatic rings. The van der Waals surface area contributed by atoms with E-state index in [1.807, 2.05) is 6.07 Å². The summed E-state index contributed by atoms with van der Waals surface area (Å²) >= 11 is 0. The third-order valence-electron chi connectivity index (χ3n) is 2.44. The maximum atomic E-state index is 11.8. The Bertz CT molecular complexity index is 505. The van der Waals surface area contributed by atoms with E-state index in [0.717, 1.165) is 0 Å². The van der Waals surface area contributed by atoms with E-state index in [9.17, 15) is 14.7 Å². The molecule has 1 aromatic carbocycles. The van der Waals surface area contributed by atoms with Crippen molar-refractivity contribution >= 4 is 11.8 Å². The normalized spacial score (nSPS) is 12.9. The van der Waals surface area contributed by atoms with E-state index in [1.54, 1.807) is 0 Å². The molecule has 1 rings (SSSR count). The molecule has 0 aliphatic rings. The molecule has 100 valence electrons. The second-order valence-corrected chi connectivity index (χ2v) is 3.86. The number of nitriles is 1. The number of benzene rings is 1. The first-order chi connectivity index (χ1) is 8.99. The van der Waals surface area contributed by atoms with Crippen LogP contribution in [0.4, 0.5) is 0 Å². The lowest BCUT2D eigenvalue weighted by Gasteiger charge is -2.19. The standard InChI is InChI=1S/C12H13N3O4/c1-7(16)10(12(18)15-19)14-11(17)9-4-2-8(6-13)3-5-9/h2-5,7,10,16,19H,1H3,(H,14,17)(H,15,18). The van der Waals surface area contributed by atoms with Gasteiger partial charge in [0, 0.05) is 5.56 Å². The average Bonchev–Trinajstić information content (AvgIpc) is 2.43. The summed E-state index contributed by atoms with van der Waals surface area (Å²) in [6, 6.07) is 6.39. The molecule has 4 N–H and O–H groups in total. The van der Waals surface area contributed by atoms with Crippen molar-refractivity contribution in [1.29, 1.82) is 5.26 Å². The molecule has 19 heavy (non-hydrogen) atoms. The minimum Gasteiger partial charge on any atom is -0.391 e. The Balaban J connectivity index is 2.82. The van der Waals surface area contributed by atoms with Gasteiger partial charge in [0.25, 0.3) is 11.8 Å². The number of hydroxylamine groups is 1. The second kappa shape index (κ2) is 6.49. The fourth-order valence-corrected chi connectivity index (χ4v) is 1.40. The number of aliphatic hydroxyl groups is 1. The van der Waals surface area contributed by atoms with Crippen LogP contribution < -0.4 is 10.8 Å². The van der Waals surface area contributed by atoms with Crippen molar-refractivity contribution in [3.63, 3.8) is 0 Å². The van der Waals surface area contributed by atoms with E-state index >= 15 is 0 Å². The molecule has 2 unspecified atom stereocenters. The van der Waals surface area contributed by atoms with Crippen LogP contribution in [0.2, 0.25) is 0 Å². The Kier molecular flexibility index (Phi) is 5.00. The molecule has 0 heterocycles. The van der Waals surface area contributed by atoms with E-state index in [1.165, 1.54) is 36.7 Å². The maximum absolute atomic E-state index is 11.8. The molecule has 0 spiro atoms. The van der Waals surface area contributed by atoms with Crippen molar-refractivity contribution in [2.75, 3.05) is 0 Å². The third-order valence-corrected chi connectivity index (χ3v) is 2.44. The van der Waals surface area contributed by atoms with Crippen LogP contribution in [-0.4, -0.2) is 34.3 Å². The highest BCUT2D eigenvalue weighted by molar-refractivity contribution is 5.97. The van der Waals surface area contributed by atoms with E-state index in [-0.39, 0.29) is 5.56 Å². The monoisotopic (exact) mass is 263 g/mol. The Morgan fingerprint density at radius 1 is 1.32 bits per heavy atom. The van der Waals surface area contributed by atoms with Gasteiger partial charge in [-0.05, 0) is 31.2 Å². The van der Waals surface area contributed by atoms with Gasteiger partial charge in [-0.1, -0.05) is 0 Å². The lowest BCUT2D eigenvalue weighted by molar-refractivity contribution is -0.133. The SMILES string of the molecule is CC(O)C(NC(=O)c1ccc(C#N)cc1)C(=O)NO. The van der Waals surface area contributed by atoms with Crippen molar-refractivity contribution in [2.24, 2.45) is 0 Å². The van der Waals surface area contributed by atoms with E-state index < -0.39 is 24.0 Å². The third kappa shape index (κ3) is 3.77. The summed E-state index contributed by atoms with van der Waals surface area (Å²) in [5, 5.41) is 28.8. The highest BCUT2D eigenvalue weighted by Gasteiger charge is 2.25. The number of rotatable bonds is 4.